The standard InChI is InChI=1S/C40H50N3O4P/c1-26-19-28(3)36(29(4)20-26)38(44)48(46,39(45)37-30(5)21-27(2)22-31(37)6)35-14-13-34(43-15-17-47-18-16-43)24-40(35,42(7)8)23-32-9-11-33(25-41)12-10-32/h9-14,19-22,24,35H,15-18,23,25,41H2,1-8H3. The highest BCUT2D eigenvalue weighted by atomic mass is 31.2. The smallest absolute Gasteiger partial charge is 0.230 e. The van der Waals surface area contributed by atoms with E-state index in [2.05, 4.69) is 15.9 Å². The maximum Gasteiger partial charge on any atom is 0.230 e. The number of aryl methyl sites for hydroxylation is 6. The average Bonchev–Trinajstić information content (AvgIpc) is 3.04. The fourth-order valence-corrected chi connectivity index (χ4v) is 11.2. The predicted octanol–water partition coefficient (Wildman–Crippen LogP) is 7.04. The van der Waals surface area contributed by atoms with Gasteiger partial charge in [0, 0.05) is 36.5 Å². The number of carbonyl (C=O) groups is 2. The number of allylic oxidation sites excluding steroid dienone is 1. The van der Waals surface area contributed by atoms with E-state index in [9.17, 15) is 0 Å². The van der Waals surface area contributed by atoms with Gasteiger partial charge in [-0.05, 0) is 108 Å². The van der Waals surface area contributed by atoms with Crippen molar-refractivity contribution in [1.29, 1.82) is 0 Å². The van der Waals surface area contributed by atoms with Gasteiger partial charge in [-0.15, -0.1) is 0 Å². The molecule has 2 unspecified atom stereocenters. The van der Waals surface area contributed by atoms with Crippen LogP contribution in [0.1, 0.15) is 65.2 Å². The number of hydrogen-bond acceptors (Lipinski definition) is 7. The molecule has 0 radical (unpaired) electrons. The van der Waals surface area contributed by atoms with Crippen LogP contribution >= 0.6 is 7.14 Å². The van der Waals surface area contributed by atoms with Crippen molar-refractivity contribution in [1.82, 2.24) is 9.80 Å². The molecule has 48 heavy (non-hydrogen) atoms. The fourth-order valence-electron chi connectivity index (χ4n) is 7.74. The number of rotatable bonds is 10. The molecule has 8 heteroatoms. The number of nitrogens with two attached hydrogens (primary N) is 1. The zero-order valence-corrected chi connectivity index (χ0v) is 30.6. The molecule has 5 rings (SSSR count). The molecule has 0 amide bonds. The Bertz CT molecular complexity index is 1720. The second-order valence-corrected chi connectivity index (χ2v) is 16.6. The van der Waals surface area contributed by atoms with Crippen molar-refractivity contribution < 1.29 is 18.9 Å². The Morgan fingerprint density at radius 2 is 1.29 bits per heavy atom. The van der Waals surface area contributed by atoms with Gasteiger partial charge in [0.15, 0.2) is 0 Å². The largest absolute Gasteiger partial charge is 0.378 e. The minimum absolute atomic E-state index is 0.371. The lowest BCUT2D eigenvalue weighted by Crippen LogP contribution is -2.56. The molecule has 0 aromatic heterocycles. The molecular weight excluding hydrogens is 617 g/mol. The van der Waals surface area contributed by atoms with Crippen molar-refractivity contribution in [3.63, 3.8) is 0 Å². The molecule has 3 aromatic carbocycles. The number of carbonyl (C=O) groups excluding carboxylic acids is 2. The normalized spacial score (nSPS) is 19.8. The molecule has 1 heterocycles. The van der Waals surface area contributed by atoms with Crippen molar-refractivity contribution in [3.8, 4) is 0 Å². The highest BCUT2D eigenvalue weighted by Gasteiger charge is 2.57. The van der Waals surface area contributed by atoms with E-state index in [1.165, 1.54) is 0 Å². The summed E-state index contributed by atoms with van der Waals surface area (Å²) < 4.78 is 22.0. The summed E-state index contributed by atoms with van der Waals surface area (Å²) in [6.45, 7) is 14.5. The Hall–Kier alpha value is -3.61. The van der Waals surface area contributed by atoms with Crippen LogP contribution in [-0.2, 0) is 22.3 Å². The highest BCUT2D eigenvalue weighted by Crippen LogP contribution is 2.63. The number of benzene rings is 3. The summed E-state index contributed by atoms with van der Waals surface area (Å²) >= 11 is 0. The maximum atomic E-state index is 16.4. The van der Waals surface area contributed by atoms with Crippen LogP contribution in [0.25, 0.3) is 0 Å². The molecule has 0 bridgehead atoms. The van der Waals surface area contributed by atoms with E-state index in [1.54, 1.807) is 0 Å². The van der Waals surface area contributed by atoms with Crippen LogP contribution < -0.4 is 5.73 Å². The lowest BCUT2D eigenvalue weighted by atomic mass is 9.81. The minimum Gasteiger partial charge on any atom is -0.378 e. The quantitative estimate of drug-likeness (QED) is 0.232. The van der Waals surface area contributed by atoms with E-state index >= 15 is 14.2 Å². The topological polar surface area (TPSA) is 92.9 Å². The van der Waals surface area contributed by atoms with Crippen molar-refractivity contribution in [2.45, 2.75) is 65.7 Å². The van der Waals surface area contributed by atoms with Gasteiger partial charge < -0.3 is 19.9 Å². The van der Waals surface area contributed by atoms with Crippen LogP contribution in [0.4, 0.5) is 0 Å². The molecule has 7 nitrogen and oxygen atoms in total. The molecule has 1 aliphatic carbocycles. The van der Waals surface area contributed by atoms with Gasteiger partial charge >= 0.3 is 0 Å². The van der Waals surface area contributed by atoms with Gasteiger partial charge in [0.1, 0.15) is 0 Å². The molecule has 2 N–H and O–H groups in total. The number of hydrogen-bond donors (Lipinski definition) is 1. The molecule has 3 aromatic rings. The van der Waals surface area contributed by atoms with Gasteiger partial charge in [0.05, 0.1) is 24.4 Å². The molecule has 1 fully saturated rings. The third kappa shape index (κ3) is 6.54. The van der Waals surface area contributed by atoms with Gasteiger partial charge in [-0.3, -0.25) is 14.5 Å². The third-order valence-electron chi connectivity index (χ3n) is 10.1. The first-order valence-corrected chi connectivity index (χ1v) is 18.5. The zero-order chi connectivity index (χ0) is 35.0. The monoisotopic (exact) mass is 667 g/mol. The molecule has 1 saturated heterocycles. The summed E-state index contributed by atoms with van der Waals surface area (Å²) in [6.07, 6.45) is 6.44. The van der Waals surface area contributed by atoms with Crippen LogP contribution in [0.15, 0.2) is 72.5 Å². The third-order valence-corrected chi connectivity index (χ3v) is 13.1. The number of likely N-dealkylation sites (N-methyl/N-ethyl adjacent to an activating group) is 1. The molecule has 0 spiro atoms. The van der Waals surface area contributed by atoms with Gasteiger partial charge in [0.25, 0.3) is 0 Å². The Labute approximate surface area is 286 Å². The molecule has 2 atom stereocenters. The summed E-state index contributed by atoms with van der Waals surface area (Å²) in [5, 5.41) is 0. The van der Waals surface area contributed by atoms with E-state index in [4.69, 9.17) is 10.5 Å². The first-order valence-electron chi connectivity index (χ1n) is 16.8. The van der Waals surface area contributed by atoms with Crippen molar-refractivity contribution >= 4 is 18.2 Å². The molecule has 0 saturated carbocycles. The van der Waals surface area contributed by atoms with Crippen LogP contribution in [0.5, 0.6) is 0 Å². The van der Waals surface area contributed by atoms with Crippen LogP contribution in [0.2, 0.25) is 0 Å². The number of ether oxygens (including phenoxy) is 1. The lowest BCUT2D eigenvalue weighted by molar-refractivity contribution is 0.0539. The minimum atomic E-state index is -4.47. The molecular formula is C40H50N3O4P. The first kappa shape index (κ1) is 35.7. The molecule has 254 valence electrons. The average molecular weight is 668 g/mol. The lowest BCUT2D eigenvalue weighted by Gasteiger charge is -2.48. The van der Waals surface area contributed by atoms with Crippen LogP contribution in [0, 0.1) is 41.5 Å². The van der Waals surface area contributed by atoms with E-state index in [0.29, 0.717) is 50.4 Å². The molecule has 2 aliphatic rings. The van der Waals surface area contributed by atoms with Gasteiger partial charge in [-0.1, -0.05) is 65.7 Å². The van der Waals surface area contributed by atoms with Crippen LogP contribution in [0.3, 0.4) is 0 Å². The van der Waals surface area contributed by atoms with Crippen molar-refractivity contribution in [2.24, 2.45) is 5.73 Å². The van der Waals surface area contributed by atoms with Crippen molar-refractivity contribution in [3.05, 3.63) is 128 Å². The number of morpholine rings is 1. The summed E-state index contributed by atoms with van der Waals surface area (Å²) in [5.74, 6) is 0. The van der Waals surface area contributed by atoms with Crippen molar-refractivity contribution in [2.75, 3.05) is 40.4 Å². The fraction of sp³-hybridized carbons (Fsp3) is 0.400. The van der Waals surface area contributed by atoms with E-state index in [0.717, 1.165) is 50.2 Å². The van der Waals surface area contributed by atoms with E-state index < -0.39 is 29.4 Å². The second-order valence-electron chi connectivity index (χ2n) is 13.9. The zero-order valence-electron chi connectivity index (χ0n) is 29.7. The summed E-state index contributed by atoms with van der Waals surface area (Å²) in [5.41, 5.74) is 11.5. The van der Waals surface area contributed by atoms with Crippen LogP contribution in [-0.4, -0.2) is 72.4 Å². The number of nitrogens with zero attached hydrogens (tertiary/aromatic N) is 2. The van der Waals surface area contributed by atoms with Gasteiger partial charge in [-0.2, -0.15) is 0 Å². The van der Waals surface area contributed by atoms with E-state index in [-0.39, 0.29) is 0 Å². The van der Waals surface area contributed by atoms with Gasteiger partial charge in [0.2, 0.25) is 18.2 Å². The van der Waals surface area contributed by atoms with Gasteiger partial charge in [-0.25, -0.2) is 0 Å². The Balaban J connectivity index is 1.80. The Morgan fingerprint density at radius 1 is 0.833 bits per heavy atom. The maximum absolute atomic E-state index is 16.4. The highest BCUT2D eigenvalue weighted by molar-refractivity contribution is 7.96. The SMILES string of the molecule is Cc1cc(C)c(C(=O)P(=O)(C(=O)c2c(C)cc(C)cc2C)C2C=CC(N3CCOCC3)=CC2(Cc2ccc(CN)cc2)N(C)C)c(C)c1. The summed E-state index contributed by atoms with van der Waals surface area (Å²) in [4.78, 5) is 34.8. The Kier molecular flexibility index (Phi) is 10.5. The predicted molar refractivity (Wildman–Crippen MR) is 195 cm³/mol. The second kappa shape index (κ2) is 14.1. The van der Waals surface area contributed by atoms with E-state index in [1.807, 2.05) is 116 Å². The summed E-state index contributed by atoms with van der Waals surface area (Å²) in [7, 11) is -0.555. The molecule has 1 aliphatic heterocycles. The summed E-state index contributed by atoms with van der Waals surface area (Å²) in [6, 6.07) is 15.8. The first-order chi connectivity index (χ1) is 22.7. The Morgan fingerprint density at radius 3 is 1.73 bits per heavy atom.